The lowest BCUT2D eigenvalue weighted by Gasteiger charge is -2.13. The van der Waals surface area contributed by atoms with Crippen LogP contribution in [0.4, 0.5) is 0 Å². The molecule has 2 aromatic rings. The highest BCUT2D eigenvalue weighted by Crippen LogP contribution is 2.27. The Hall–Kier alpha value is -1.72. The van der Waals surface area contributed by atoms with Crippen molar-refractivity contribution in [1.82, 2.24) is 9.78 Å². The van der Waals surface area contributed by atoms with Gasteiger partial charge in [-0.05, 0) is 43.7 Å². The fraction of sp³-hybridized carbons (Fsp3) is 0.400. The summed E-state index contributed by atoms with van der Waals surface area (Å²) in [5.74, 6) is 1.58. The molecule has 5 nitrogen and oxygen atoms in total. The third kappa shape index (κ3) is 3.49. The largest absolute Gasteiger partial charge is 0.497 e. The first-order chi connectivity index (χ1) is 10.1. The molecule has 6 heteroatoms. The predicted molar refractivity (Wildman–Crippen MR) is 83.0 cm³/mol. The van der Waals surface area contributed by atoms with Crippen molar-refractivity contribution in [3.05, 3.63) is 40.2 Å². The normalized spacial score (nSPS) is 10.7. The van der Waals surface area contributed by atoms with Crippen molar-refractivity contribution < 1.29 is 9.47 Å². The van der Waals surface area contributed by atoms with E-state index in [1.54, 1.807) is 11.8 Å². The van der Waals surface area contributed by atoms with Gasteiger partial charge in [0.2, 0.25) is 0 Å². The molecule has 0 aliphatic carbocycles. The van der Waals surface area contributed by atoms with E-state index in [0.717, 1.165) is 34.9 Å². The fourth-order valence-electron chi connectivity index (χ4n) is 2.16. The second-order valence-corrected chi connectivity index (χ2v) is 5.15. The molecule has 0 unspecified atom stereocenters. The maximum Gasteiger partial charge on any atom is 0.131 e. The summed E-state index contributed by atoms with van der Waals surface area (Å²) in [5, 5.41) is 4.92. The summed E-state index contributed by atoms with van der Waals surface area (Å²) < 4.78 is 12.9. The quantitative estimate of drug-likeness (QED) is 0.890. The number of nitrogens with zero attached hydrogens (tertiary/aromatic N) is 2. The summed E-state index contributed by atoms with van der Waals surface area (Å²) in [5.41, 5.74) is 8.32. The summed E-state index contributed by atoms with van der Waals surface area (Å²) >= 11 is 6.23. The van der Waals surface area contributed by atoms with E-state index >= 15 is 0 Å². The molecule has 2 N–H and O–H groups in total. The molecule has 0 atom stereocenters. The summed E-state index contributed by atoms with van der Waals surface area (Å²) in [6.45, 7) is 2.79. The lowest BCUT2D eigenvalue weighted by atomic mass is 10.1. The molecular formula is C15H20ClN3O2. The van der Waals surface area contributed by atoms with E-state index in [0.29, 0.717) is 18.2 Å². The monoisotopic (exact) mass is 309 g/mol. The minimum absolute atomic E-state index is 0.361. The third-order valence-corrected chi connectivity index (χ3v) is 3.80. The SMILES string of the molecule is COc1ccc(OCc2c(Cl)c(C)nn2C)c(CCN)c1. The van der Waals surface area contributed by atoms with Crippen molar-refractivity contribution in [2.24, 2.45) is 12.8 Å². The first kappa shape index (κ1) is 15.7. The summed E-state index contributed by atoms with van der Waals surface area (Å²) in [4.78, 5) is 0. The zero-order valence-corrected chi connectivity index (χ0v) is 13.3. The molecule has 0 saturated carbocycles. The van der Waals surface area contributed by atoms with Crippen LogP contribution < -0.4 is 15.2 Å². The van der Waals surface area contributed by atoms with E-state index in [1.807, 2.05) is 32.2 Å². The van der Waals surface area contributed by atoms with Gasteiger partial charge in [0.25, 0.3) is 0 Å². The van der Waals surface area contributed by atoms with Crippen LogP contribution in [0.2, 0.25) is 5.02 Å². The zero-order chi connectivity index (χ0) is 15.4. The van der Waals surface area contributed by atoms with Gasteiger partial charge in [-0.2, -0.15) is 5.10 Å². The first-order valence-corrected chi connectivity index (χ1v) is 7.12. The molecule has 1 heterocycles. The molecule has 0 saturated heterocycles. The van der Waals surface area contributed by atoms with Crippen LogP contribution >= 0.6 is 11.6 Å². The van der Waals surface area contributed by atoms with Gasteiger partial charge in [-0.25, -0.2) is 0 Å². The standard InChI is InChI=1S/C15H20ClN3O2/c1-10-15(16)13(19(2)18-10)9-21-14-5-4-12(20-3)8-11(14)6-7-17/h4-5,8H,6-7,9,17H2,1-3H3. The van der Waals surface area contributed by atoms with Crippen LogP contribution in [-0.2, 0) is 20.1 Å². The number of methoxy groups -OCH3 is 1. The number of aryl methyl sites for hydroxylation is 2. The molecule has 0 fully saturated rings. The maximum atomic E-state index is 6.23. The van der Waals surface area contributed by atoms with Crippen molar-refractivity contribution in [3.8, 4) is 11.5 Å². The third-order valence-electron chi connectivity index (χ3n) is 3.31. The van der Waals surface area contributed by atoms with Crippen LogP contribution in [-0.4, -0.2) is 23.4 Å². The minimum Gasteiger partial charge on any atom is -0.497 e. The Labute approximate surface area is 129 Å². The number of aromatic nitrogens is 2. The topological polar surface area (TPSA) is 62.3 Å². The van der Waals surface area contributed by atoms with Gasteiger partial charge in [0, 0.05) is 7.05 Å². The smallest absolute Gasteiger partial charge is 0.131 e. The Morgan fingerprint density at radius 2 is 2.14 bits per heavy atom. The van der Waals surface area contributed by atoms with Crippen LogP contribution in [0.5, 0.6) is 11.5 Å². The molecule has 0 radical (unpaired) electrons. The summed E-state index contributed by atoms with van der Waals surface area (Å²) in [6, 6.07) is 5.70. The van der Waals surface area contributed by atoms with Gasteiger partial charge in [0.15, 0.2) is 0 Å². The Kier molecular flexibility index (Phi) is 5.09. The van der Waals surface area contributed by atoms with E-state index in [2.05, 4.69) is 5.10 Å². The highest BCUT2D eigenvalue weighted by molar-refractivity contribution is 6.31. The van der Waals surface area contributed by atoms with E-state index in [9.17, 15) is 0 Å². The van der Waals surface area contributed by atoms with Gasteiger partial charge in [0.05, 0.1) is 23.5 Å². The summed E-state index contributed by atoms with van der Waals surface area (Å²) in [7, 11) is 3.49. The van der Waals surface area contributed by atoms with Crippen LogP contribution in [0, 0.1) is 6.92 Å². The second-order valence-electron chi connectivity index (χ2n) is 4.77. The second kappa shape index (κ2) is 6.83. The molecule has 0 amide bonds. The lowest BCUT2D eigenvalue weighted by Crippen LogP contribution is -2.08. The van der Waals surface area contributed by atoms with E-state index < -0.39 is 0 Å². The molecule has 114 valence electrons. The van der Waals surface area contributed by atoms with Gasteiger partial charge in [-0.3, -0.25) is 4.68 Å². The molecule has 21 heavy (non-hydrogen) atoms. The Morgan fingerprint density at radius 3 is 2.71 bits per heavy atom. The molecule has 1 aromatic heterocycles. The molecule has 0 aliphatic heterocycles. The van der Waals surface area contributed by atoms with Gasteiger partial charge in [-0.1, -0.05) is 11.6 Å². The molecule has 0 bridgehead atoms. The van der Waals surface area contributed by atoms with Crippen LogP contribution in [0.25, 0.3) is 0 Å². The number of halogens is 1. The number of rotatable bonds is 6. The number of hydrogen-bond donors (Lipinski definition) is 1. The first-order valence-electron chi connectivity index (χ1n) is 6.74. The molecule has 1 aromatic carbocycles. The van der Waals surface area contributed by atoms with Crippen LogP contribution in [0.1, 0.15) is 17.0 Å². The number of nitrogens with two attached hydrogens (primary N) is 1. The van der Waals surface area contributed by atoms with Crippen molar-refractivity contribution in [1.29, 1.82) is 0 Å². The van der Waals surface area contributed by atoms with Gasteiger partial charge >= 0.3 is 0 Å². The van der Waals surface area contributed by atoms with Crippen molar-refractivity contribution in [2.45, 2.75) is 20.0 Å². The van der Waals surface area contributed by atoms with Crippen LogP contribution in [0.15, 0.2) is 18.2 Å². The molecular weight excluding hydrogens is 290 g/mol. The number of hydrogen-bond acceptors (Lipinski definition) is 4. The maximum absolute atomic E-state index is 6.23. The Morgan fingerprint density at radius 1 is 1.38 bits per heavy atom. The molecule has 0 aliphatic rings. The average molecular weight is 310 g/mol. The number of ether oxygens (including phenoxy) is 2. The van der Waals surface area contributed by atoms with E-state index in [-0.39, 0.29) is 0 Å². The highest BCUT2D eigenvalue weighted by atomic mass is 35.5. The fourth-order valence-corrected chi connectivity index (χ4v) is 2.37. The minimum atomic E-state index is 0.361. The van der Waals surface area contributed by atoms with Crippen molar-refractivity contribution in [3.63, 3.8) is 0 Å². The Bertz CT molecular complexity index is 626. The average Bonchev–Trinajstić information content (AvgIpc) is 2.71. The lowest BCUT2D eigenvalue weighted by molar-refractivity contribution is 0.291. The van der Waals surface area contributed by atoms with E-state index in [1.165, 1.54) is 0 Å². The van der Waals surface area contributed by atoms with Crippen LogP contribution in [0.3, 0.4) is 0 Å². The predicted octanol–water partition coefficient (Wildman–Crippen LogP) is 2.47. The van der Waals surface area contributed by atoms with Crippen molar-refractivity contribution >= 4 is 11.6 Å². The molecule has 2 rings (SSSR count). The zero-order valence-electron chi connectivity index (χ0n) is 12.5. The van der Waals surface area contributed by atoms with Gasteiger partial charge in [0.1, 0.15) is 18.1 Å². The summed E-state index contributed by atoms with van der Waals surface area (Å²) in [6.07, 6.45) is 0.727. The highest BCUT2D eigenvalue weighted by Gasteiger charge is 2.13. The number of benzene rings is 1. The van der Waals surface area contributed by atoms with E-state index in [4.69, 9.17) is 26.8 Å². The molecule has 0 spiro atoms. The van der Waals surface area contributed by atoms with Crippen molar-refractivity contribution in [2.75, 3.05) is 13.7 Å². The van der Waals surface area contributed by atoms with Gasteiger partial charge in [-0.15, -0.1) is 0 Å². The van der Waals surface area contributed by atoms with Gasteiger partial charge < -0.3 is 15.2 Å². The Balaban J connectivity index is 2.19.